The fourth-order valence-corrected chi connectivity index (χ4v) is 0. The van der Waals surface area contributed by atoms with Crippen LogP contribution < -0.4 is 33.5 Å². The molecule has 0 aromatic carbocycles. The first kappa shape index (κ1) is 22.6. The van der Waals surface area contributed by atoms with E-state index in [4.69, 9.17) is 19.2 Å². The van der Waals surface area contributed by atoms with Crippen molar-refractivity contribution in [2.75, 3.05) is 0 Å². The van der Waals surface area contributed by atoms with Crippen LogP contribution in [-0.2, 0) is 21.6 Å². The fourth-order valence-electron chi connectivity index (χ4n) is 0. The Morgan fingerprint density at radius 3 is 1.11 bits per heavy atom. The molecule has 0 aliphatic carbocycles. The first-order valence-corrected chi connectivity index (χ1v) is 2.52. The quantitative estimate of drug-likeness (QED) is 0.213. The van der Waals surface area contributed by atoms with E-state index in [2.05, 4.69) is 12.8 Å². The number of phosphoric acid groups is 1. The van der Waals surface area contributed by atoms with Crippen molar-refractivity contribution in [2.45, 2.75) is 0 Å². The smallest absolute Gasteiger partial charge is 0.822 e. The second kappa shape index (κ2) is 11.6. The van der Waals surface area contributed by atoms with E-state index in [0.717, 1.165) is 0 Å². The fraction of sp³-hybridized carbons (Fsp3) is 0. The third-order valence-electron chi connectivity index (χ3n) is 0. The minimum atomic E-state index is -5.39. The van der Waals surface area contributed by atoms with Gasteiger partial charge in [0.2, 0.25) is 0 Å². The van der Waals surface area contributed by atoms with Crippen molar-refractivity contribution in [2.24, 2.45) is 0 Å². The predicted molar refractivity (Wildman–Crippen MR) is 17.5 cm³/mol. The van der Waals surface area contributed by atoms with Gasteiger partial charge in [0, 0.05) is 0 Å². The maximum atomic E-state index is 8.55. The molecule has 0 amide bonds. The van der Waals surface area contributed by atoms with Crippen LogP contribution in [0.5, 0.6) is 0 Å². The van der Waals surface area contributed by atoms with Gasteiger partial charge in [-0.2, -0.15) is 7.82 Å². The molecule has 0 spiro atoms. The number of hydrogen-bond donors (Lipinski definition) is 0. The van der Waals surface area contributed by atoms with Crippen molar-refractivity contribution in [3.8, 4) is 12.8 Å². The van der Waals surface area contributed by atoms with Crippen LogP contribution in [0, 0.1) is 12.8 Å². The molecular formula is C2H2FeLiO4P. The Kier molecular flexibility index (Phi) is 29.0. The molecule has 0 heterocycles. The molecule has 0 radical (unpaired) electrons. The molecule has 0 aliphatic rings. The SMILES string of the molecule is C#C.O=P([O-])([O-])[O-].[Fe+2].[Li+]. The van der Waals surface area contributed by atoms with Crippen molar-refractivity contribution in [3.63, 3.8) is 0 Å². The molecule has 0 unspecified atom stereocenters. The molecule has 0 saturated heterocycles. The Morgan fingerprint density at radius 2 is 1.11 bits per heavy atom. The maximum absolute atomic E-state index is 8.55. The molecule has 0 atom stereocenters. The summed E-state index contributed by atoms with van der Waals surface area (Å²) in [7, 11) is -5.39. The second-order valence-corrected chi connectivity index (χ2v) is 1.34. The molecule has 48 valence electrons. The van der Waals surface area contributed by atoms with E-state index < -0.39 is 7.82 Å². The van der Waals surface area contributed by atoms with Crippen molar-refractivity contribution in [1.82, 2.24) is 0 Å². The van der Waals surface area contributed by atoms with Crippen LogP contribution in [0.15, 0.2) is 0 Å². The van der Waals surface area contributed by atoms with Crippen LogP contribution >= 0.6 is 7.82 Å². The summed E-state index contributed by atoms with van der Waals surface area (Å²) in [5.41, 5.74) is 0. The normalized spacial score (nSPS) is 6.78. The number of hydrogen-bond acceptors (Lipinski definition) is 4. The molecule has 0 rings (SSSR count). The topological polar surface area (TPSA) is 86.2 Å². The average molecular weight is 184 g/mol. The van der Waals surface area contributed by atoms with Gasteiger partial charge >= 0.3 is 35.9 Å². The summed E-state index contributed by atoms with van der Waals surface area (Å²) in [6, 6.07) is 0. The molecule has 0 bridgehead atoms. The predicted octanol–water partition coefficient (Wildman–Crippen LogP) is -5.57. The van der Waals surface area contributed by atoms with Gasteiger partial charge < -0.3 is 19.2 Å². The van der Waals surface area contributed by atoms with E-state index in [1.165, 1.54) is 0 Å². The summed E-state index contributed by atoms with van der Waals surface area (Å²) in [5.74, 6) is 0. The molecule has 0 aromatic rings. The van der Waals surface area contributed by atoms with Crippen LogP contribution in [0.1, 0.15) is 0 Å². The largest absolute Gasteiger partial charge is 2.00 e. The van der Waals surface area contributed by atoms with Gasteiger partial charge in [0.05, 0.1) is 0 Å². The number of terminal acetylenes is 1. The first-order chi connectivity index (χ1) is 3.00. The molecule has 4 nitrogen and oxygen atoms in total. The molecule has 0 fully saturated rings. The average Bonchev–Trinajstić information content (AvgIpc) is 1.36. The van der Waals surface area contributed by atoms with Crippen LogP contribution in [0.2, 0.25) is 0 Å². The Bertz CT molecular complexity index is 89.7. The molecule has 0 aliphatic heterocycles. The molecule has 0 saturated carbocycles. The molecular weight excluding hydrogens is 182 g/mol. The van der Waals surface area contributed by atoms with Crippen molar-refractivity contribution >= 4 is 7.82 Å². The van der Waals surface area contributed by atoms with E-state index in [9.17, 15) is 0 Å². The van der Waals surface area contributed by atoms with E-state index in [1.807, 2.05) is 0 Å². The third kappa shape index (κ3) is 654. The monoisotopic (exact) mass is 184 g/mol. The molecule has 0 N–H and O–H groups in total. The summed E-state index contributed by atoms with van der Waals surface area (Å²) in [6.45, 7) is 0. The molecule has 0 aromatic heterocycles. The minimum Gasteiger partial charge on any atom is -0.822 e. The number of rotatable bonds is 0. The van der Waals surface area contributed by atoms with Gasteiger partial charge in [0.25, 0.3) is 0 Å². The third-order valence-corrected chi connectivity index (χ3v) is 0. The van der Waals surface area contributed by atoms with Crippen molar-refractivity contribution < 1.29 is 55.2 Å². The van der Waals surface area contributed by atoms with E-state index >= 15 is 0 Å². The second-order valence-electron chi connectivity index (χ2n) is 0.447. The standard InChI is InChI=1S/C2H2.Fe.Li.H3O4P/c1-2;;;1-5(2,3)4/h1-2H;;;(H3,1,2,3,4)/q;+2;+1;/p-3. The van der Waals surface area contributed by atoms with E-state index in [1.54, 1.807) is 0 Å². The summed E-state index contributed by atoms with van der Waals surface area (Å²) in [4.78, 5) is 25.6. The van der Waals surface area contributed by atoms with Crippen LogP contribution in [0.25, 0.3) is 0 Å². The van der Waals surface area contributed by atoms with E-state index in [0.29, 0.717) is 0 Å². The zero-order valence-corrected chi connectivity index (χ0v) is 6.59. The molecule has 9 heavy (non-hydrogen) atoms. The van der Waals surface area contributed by atoms with Gasteiger partial charge in [-0.15, -0.1) is 12.8 Å². The van der Waals surface area contributed by atoms with Gasteiger partial charge in [-0.3, -0.25) is 0 Å². The van der Waals surface area contributed by atoms with Crippen LogP contribution in [0.3, 0.4) is 0 Å². The van der Waals surface area contributed by atoms with Gasteiger partial charge in [0.1, 0.15) is 0 Å². The summed E-state index contributed by atoms with van der Waals surface area (Å²) < 4.78 is 8.55. The summed E-state index contributed by atoms with van der Waals surface area (Å²) in [6.07, 6.45) is 8.00. The first-order valence-electron chi connectivity index (χ1n) is 1.06. The van der Waals surface area contributed by atoms with Crippen molar-refractivity contribution in [1.29, 1.82) is 0 Å². The Morgan fingerprint density at radius 1 is 1.11 bits per heavy atom. The molecule has 7 heteroatoms. The maximum Gasteiger partial charge on any atom is 2.00 e. The summed E-state index contributed by atoms with van der Waals surface area (Å²) in [5, 5.41) is 0. The van der Waals surface area contributed by atoms with Gasteiger partial charge in [-0.05, 0) is 0 Å². The van der Waals surface area contributed by atoms with Crippen LogP contribution in [-0.4, -0.2) is 0 Å². The van der Waals surface area contributed by atoms with E-state index in [-0.39, 0.29) is 35.9 Å². The van der Waals surface area contributed by atoms with Crippen molar-refractivity contribution in [3.05, 3.63) is 0 Å². The minimum absolute atomic E-state index is 0. The Hall–Kier alpha value is 0.787. The zero-order chi connectivity index (χ0) is 6.50. The van der Waals surface area contributed by atoms with Gasteiger partial charge in [-0.1, -0.05) is 0 Å². The zero-order valence-electron chi connectivity index (χ0n) is 4.59. The van der Waals surface area contributed by atoms with Gasteiger partial charge in [0.15, 0.2) is 0 Å². The Balaban J connectivity index is -0.0000000286. The Labute approximate surface area is 75.9 Å². The van der Waals surface area contributed by atoms with Gasteiger partial charge in [-0.25, -0.2) is 0 Å². The summed E-state index contributed by atoms with van der Waals surface area (Å²) >= 11 is 0. The van der Waals surface area contributed by atoms with Crippen LogP contribution in [0.4, 0.5) is 0 Å².